The van der Waals surface area contributed by atoms with Crippen molar-refractivity contribution in [2.75, 3.05) is 5.32 Å². The smallest absolute Gasteiger partial charge is 0.262 e. The van der Waals surface area contributed by atoms with E-state index in [2.05, 4.69) is 19.2 Å². The highest BCUT2D eigenvalue weighted by Crippen LogP contribution is 2.39. The van der Waals surface area contributed by atoms with E-state index in [1.54, 1.807) is 41.7 Å². The quantitative estimate of drug-likeness (QED) is 0.473. The summed E-state index contributed by atoms with van der Waals surface area (Å²) < 4.78 is 0. The van der Waals surface area contributed by atoms with Gasteiger partial charge in [0.1, 0.15) is 0 Å². The van der Waals surface area contributed by atoms with E-state index in [-0.39, 0.29) is 11.7 Å². The fraction of sp³-hybridized carbons (Fsp3) is 0.130. The molecule has 0 fully saturated rings. The van der Waals surface area contributed by atoms with Gasteiger partial charge in [0.2, 0.25) is 0 Å². The Kier molecular flexibility index (Phi) is 5.63. The van der Waals surface area contributed by atoms with Gasteiger partial charge in [0.05, 0.1) is 10.6 Å². The van der Waals surface area contributed by atoms with Crippen molar-refractivity contribution in [3.8, 4) is 0 Å². The van der Waals surface area contributed by atoms with E-state index in [1.165, 1.54) is 27.8 Å². The molecule has 1 N–H and O–H groups in total. The first-order chi connectivity index (χ1) is 13.9. The van der Waals surface area contributed by atoms with Crippen molar-refractivity contribution in [1.29, 1.82) is 0 Å². The number of fused-ring (bicyclic) bond motifs is 1. The van der Waals surface area contributed by atoms with E-state index in [0.29, 0.717) is 26.7 Å². The van der Waals surface area contributed by atoms with Gasteiger partial charge in [0.25, 0.3) is 5.91 Å². The minimum atomic E-state index is -0.214. The van der Waals surface area contributed by atoms with Crippen LogP contribution in [0.2, 0.25) is 5.02 Å². The number of hydrogen-bond donors (Lipinski definition) is 1. The summed E-state index contributed by atoms with van der Waals surface area (Å²) in [5.74, 6) is 0.385. The van der Waals surface area contributed by atoms with Gasteiger partial charge in [-0.3, -0.25) is 9.59 Å². The second kappa shape index (κ2) is 8.19. The van der Waals surface area contributed by atoms with Gasteiger partial charge in [-0.25, -0.2) is 0 Å². The van der Waals surface area contributed by atoms with Gasteiger partial charge in [0, 0.05) is 31.7 Å². The van der Waals surface area contributed by atoms with E-state index < -0.39 is 0 Å². The number of halogens is 1. The lowest BCUT2D eigenvalue weighted by Gasteiger charge is -2.15. The van der Waals surface area contributed by atoms with Crippen LogP contribution in [0.25, 0.3) is 6.08 Å². The Balaban J connectivity index is 1.63. The van der Waals surface area contributed by atoms with Gasteiger partial charge in [-0.15, -0.1) is 23.1 Å². The molecule has 0 atom stereocenters. The maximum Gasteiger partial charge on any atom is 0.262 e. The predicted octanol–water partition coefficient (Wildman–Crippen LogP) is 6.48. The van der Waals surface area contributed by atoms with Crippen LogP contribution in [0.4, 0.5) is 5.69 Å². The van der Waals surface area contributed by atoms with Crippen LogP contribution < -0.4 is 5.32 Å². The van der Waals surface area contributed by atoms with Crippen molar-refractivity contribution in [2.45, 2.75) is 19.6 Å². The van der Waals surface area contributed by atoms with Crippen LogP contribution in [0, 0.1) is 13.8 Å². The first-order valence-corrected chi connectivity index (χ1v) is 11.3. The average molecular weight is 440 g/mol. The number of carbonyl (C=O) groups excluding carboxylic acids is 2. The van der Waals surface area contributed by atoms with E-state index in [0.717, 1.165) is 10.6 Å². The number of carbonyl (C=O) groups is 2. The molecule has 1 aliphatic heterocycles. The van der Waals surface area contributed by atoms with Gasteiger partial charge in [-0.05, 0) is 49.2 Å². The van der Waals surface area contributed by atoms with Crippen molar-refractivity contribution in [3.63, 3.8) is 0 Å². The number of thiophene rings is 1. The number of rotatable bonds is 4. The number of hydrogen-bond acceptors (Lipinski definition) is 4. The number of benzene rings is 2. The highest BCUT2D eigenvalue weighted by molar-refractivity contribution is 8.03. The van der Waals surface area contributed by atoms with Crippen LogP contribution in [0.5, 0.6) is 0 Å². The third-order valence-electron chi connectivity index (χ3n) is 4.91. The first-order valence-electron chi connectivity index (χ1n) is 9.08. The number of thioether (sulfide) groups is 1. The monoisotopic (exact) mass is 439 g/mol. The average Bonchev–Trinajstić information content (AvgIpc) is 3.02. The molecule has 0 bridgehead atoms. The molecule has 4 rings (SSSR count). The molecule has 0 saturated heterocycles. The minimum Gasteiger partial charge on any atom is -0.321 e. The second-order valence-electron chi connectivity index (χ2n) is 6.76. The molecule has 0 radical (unpaired) electrons. The number of nitrogens with one attached hydrogen (secondary N) is 1. The van der Waals surface area contributed by atoms with Crippen LogP contribution in [-0.2, 0) is 10.5 Å². The van der Waals surface area contributed by atoms with E-state index >= 15 is 0 Å². The minimum absolute atomic E-state index is 0.180. The molecule has 2 heterocycles. The topological polar surface area (TPSA) is 46.2 Å². The van der Waals surface area contributed by atoms with Crippen LogP contribution in [-0.4, -0.2) is 11.7 Å². The summed E-state index contributed by atoms with van der Waals surface area (Å²) in [7, 11) is 0. The Morgan fingerprint density at radius 1 is 1.07 bits per heavy atom. The Morgan fingerprint density at radius 2 is 1.83 bits per heavy atom. The zero-order valence-electron chi connectivity index (χ0n) is 15.9. The third-order valence-corrected chi connectivity index (χ3v) is 7.39. The SMILES string of the molecule is Cc1sc2c(c1C)CSC(C(=O)Nc1ccc(Cl)cc1C(=O)c1ccccc1)=C2. The Labute approximate surface area is 182 Å². The summed E-state index contributed by atoms with van der Waals surface area (Å²) in [5.41, 5.74) is 3.99. The summed E-state index contributed by atoms with van der Waals surface area (Å²) in [6, 6.07) is 13.9. The highest BCUT2D eigenvalue weighted by Gasteiger charge is 2.23. The number of aryl methyl sites for hydroxylation is 1. The molecular formula is C23H18ClNO2S2. The van der Waals surface area contributed by atoms with E-state index in [4.69, 9.17) is 11.6 Å². The second-order valence-corrected chi connectivity index (χ2v) is 9.47. The van der Waals surface area contributed by atoms with Crippen LogP contribution >= 0.6 is 34.7 Å². The molecule has 3 nitrogen and oxygen atoms in total. The molecule has 1 aliphatic rings. The van der Waals surface area contributed by atoms with E-state index in [1.807, 2.05) is 24.3 Å². The normalized spacial score (nSPS) is 12.9. The summed E-state index contributed by atoms with van der Waals surface area (Å²) >= 11 is 9.36. The molecule has 6 heteroatoms. The lowest BCUT2D eigenvalue weighted by molar-refractivity contribution is -0.112. The van der Waals surface area contributed by atoms with Gasteiger partial charge < -0.3 is 5.32 Å². The largest absolute Gasteiger partial charge is 0.321 e. The summed E-state index contributed by atoms with van der Waals surface area (Å²) in [6.07, 6.45) is 1.94. The molecule has 0 saturated carbocycles. The standard InChI is InChI=1S/C23H18ClNO2S2/c1-13-14(2)29-20-11-21(28-12-18(13)20)23(27)25-19-9-8-16(24)10-17(19)22(26)15-6-4-3-5-7-15/h3-11H,12H2,1-2H3,(H,25,27). The van der Waals surface area contributed by atoms with Crippen LogP contribution in [0.3, 0.4) is 0 Å². The maximum absolute atomic E-state index is 13.0. The molecule has 1 aromatic heterocycles. The molecule has 0 spiro atoms. The Morgan fingerprint density at radius 3 is 2.59 bits per heavy atom. The first kappa shape index (κ1) is 20.0. The number of anilines is 1. The number of ketones is 1. The number of amides is 1. The zero-order valence-corrected chi connectivity index (χ0v) is 18.3. The highest BCUT2D eigenvalue weighted by atomic mass is 35.5. The van der Waals surface area contributed by atoms with Crippen LogP contribution in [0.1, 0.15) is 36.8 Å². The summed E-state index contributed by atoms with van der Waals surface area (Å²) in [5, 5.41) is 3.35. The molecule has 0 unspecified atom stereocenters. The van der Waals surface area contributed by atoms with Gasteiger partial charge >= 0.3 is 0 Å². The summed E-state index contributed by atoms with van der Waals surface area (Å²) in [6.45, 7) is 4.23. The van der Waals surface area contributed by atoms with Crippen LogP contribution in [0.15, 0.2) is 53.4 Å². The molecule has 146 valence electrons. The molecular weight excluding hydrogens is 422 g/mol. The fourth-order valence-corrected chi connectivity index (χ4v) is 5.70. The lowest BCUT2D eigenvalue weighted by atomic mass is 10.0. The molecule has 1 amide bonds. The predicted molar refractivity (Wildman–Crippen MR) is 123 cm³/mol. The Hall–Kier alpha value is -2.34. The maximum atomic E-state index is 13.0. The molecule has 0 aliphatic carbocycles. The van der Waals surface area contributed by atoms with Crippen molar-refractivity contribution in [3.05, 3.63) is 90.5 Å². The lowest BCUT2D eigenvalue weighted by Crippen LogP contribution is -2.17. The van der Waals surface area contributed by atoms with Gasteiger partial charge in [-0.2, -0.15) is 0 Å². The van der Waals surface area contributed by atoms with Crippen molar-refractivity contribution < 1.29 is 9.59 Å². The molecule has 2 aromatic carbocycles. The zero-order chi connectivity index (χ0) is 20.5. The summed E-state index contributed by atoms with van der Waals surface area (Å²) in [4.78, 5) is 28.9. The van der Waals surface area contributed by atoms with Crippen molar-refractivity contribution >= 4 is 58.2 Å². The van der Waals surface area contributed by atoms with Crippen molar-refractivity contribution in [1.82, 2.24) is 0 Å². The van der Waals surface area contributed by atoms with E-state index in [9.17, 15) is 9.59 Å². The molecule has 29 heavy (non-hydrogen) atoms. The van der Waals surface area contributed by atoms with Gasteiger partial charge in [-0.1, -0.05) is 41.9 Å². The third kappa shape index (κ3) is 4.04. The fourth-order valence-electron chi connectivity index (χ4n) is 3.18. The Bertz CT molecular complexity index is 1150. The van der Waals surface area contributed by atoms with Crippen molar-refractivity contribution in [2.24, 2.45) is 0 Å². The van der Waals surface area contributed by atoms with Gasteiger partial charge in [0.15, 0.2) is 5.78 Å². The molecule has 3 aromatic rings.